The number of aliphatic hydroxyl groups is 1. The summed E-state index contributed by atoms with van der Waals surface area (Å²) in [6.07, 6.45) is 13.3. The third kappa shape index (κ3) is 8.16. The predicted molar refractivity (Wildman–Crippen MR) is 147 cm³/mol. The van der Waals surface area contributed by atoms with E-state index in [-0.39, 0.29) is 17.3 Å². The molecule has 2 rings (SSSR count). The van der Waals surface area contributed by atoms with Crippen LogP contribution in [0.4, 0.5) is 0 Å². The molecule has 35 heavy (non-hydrogen) atoms. The van der Waals surface area contributed by atoms with E-state index in [4.69, 9.17) is 16.5 Å². The quantitative estimate of drug-likeness (QED) is 0.116. The summed E-state index contributed by atoms with van der Waals surface area (Å²) >= 11 is 0. The third-order valence-electron chi connectivity index (χ3n) is 6.50. The number of aliphatic imine (C=N–C) groups is 1. The standard InChI is InChI=1S/C29H42N4O2/c1-6-11-22-16-17-24(18-20(22)4)26(30)27(34)29(32-21(5)15-14-19(3)28(31)35)33-25(7-2)23-12-9-8-10-13-23/h7,14-18,23,34H,6,8-13,30H2,1-5H3,(H2,31,35)(H,32,33)/b19-14+,21-15+,25-7-,27-26+. The molecule has 0 spiro atoms. The SMILES string of the molecule is C\C=C(/N=C(N/C(C)=C/C=C(\C)C(N)=O)/C(O)=C(\N)c1ccc(CCC)c(C)c1)C1CCCCC1. The minimum Gasteiger partial charge on any atom is -0.503 e. The van der Waals surface area contributed by atoms with Crippen LogP contribution in [0.5, 0.6) is 0 Å². The first kappa shape index (κ1) is 28.0. The molecule has 1 fully saturated rings. The molecule has 1 aliphatic rings. The van der Waals surface area contributed by atoms with Crippen molar-refractivity contribution in [1.29, 1.82) is 0 Å². The van der Waals surface area contributed by atoms with Crippen molar-refractivity contribution in [2.75, 3.05) is 0 Å². The van der Waals surface area contributed by atoms with Gasteiger partial charge in [-0.1, -0.05) is 56.9 Å². The highest BCUT2D eigenvalue weighted by atomic mass is 16.3. The smallest absolute Gasteiger partial charge is 0.244 e. The van der Waals surface area contributed by atoms with Crippen molar-refractivity contribution >= 4 is 17.4 Å². The summed E-state index contributed by atoms with van der Waals surface area (Å²) in [7, 11) is 0. The molecular weight excluding hydrogens is 436 g/mol. The van der Waals surface area contributed by atoms with Crippen molar-refractivity contribution < 1.29 is 9.90 Å². The topological polar surface area (TPSA) is 114 Å². The van der Waals surface area contributed by atoms with E-state index in [0.717, 1.165) is 42.5 Å². The molecule has 0 atom stereocenters. The molecule has 1 saturated carbocycles. The van der Waals surface area contributed by atoms with Gasteiger partial charge in [-0.05, 0) is 70.2 Å². The van der Waals surface area contributed by atoms with Crippen molar-refractivity contribution in [3.05, 3.63) is 75.8 Å². The first-order chi connectivity index (χ1) is 16.7. The highest BCUT2D eigenvalue weighted by Crippen LogP contribution is 2.31. The lowest BCUT2D eigenvalue weighted by atomic mass is 9.87. The Morgan fingerprint density at radius 1 is 1.17 bits per heavy atom. The lowest BCUT2D eigenvalue weighted by molar-refractivity contribution is -0.114. The minimum atomic E-state index is -0.481. The number of carbonyl (C=O) groups excluding carboxylic acids is 1. The maximum atomic E-state index is 11.3. The molecule has 1 aliphatic carbocycles. The van der Waals surface area contributed by atoms with Gasteiger partial charge < -0.3 is 21.9 Å². The van der Waals surface area contributed by atoms with Crippen LogP contribution in [0.25, 0.3) is 5.70 Å². The van der Waals surface area contributed by atoms with Crippen LogP contribution in [0.3, 0.4) is 0 Å². The third-order valence-corrected chi connectivity index (χ3v) is 6.50. The van der Waals surface area contributed by atoms with E-state index in [1.165, 1.54) is 24.8 Å². The molecule has 6 N–H and O–H groups in total. The molecule has 0 bridgehead atoms. The Morgan fingerprint density at radius 2 is 1.86 bits per heavy atom. The number of amides is 1. The zero-order chi connectivity index (χ0) is 26.0. The molecule has 0 saturated heterocycles. The van der Waals surface area contributed by atoms with Crippen molar-refractivity contribution in [2.24, 2.45) is 22.4 Å². The summed E-state index contributed by atoms with van der Waals surface area (Å²) < 4.78 is 0. The fourth-order valence-electron chi connectivity index (χ4n) is 4.30. The fourth-order valence-corrected chi connectivity index (χ4v) is 4.30. The lowest BCUT2D eigenvalue weighted by Crippen LogP contribution is -2.27. The Bertz CT molecular complexity index is 1050. The second-order valence-corrected chi connectivity index (χ2v) is 9.35. The Kier molecular flexibility index (Phi) is 10.8. The number of hydrogen-bond acceptors (Lipinski definition) is 4. The number of nitrogens with two attached hydrogens (primary N) is 2. The zero-order valence-corrected chi connectivity index (χ0v) is 21.9. The Balaban J connectivity index is 2.50. The highest BCUT2D eigenvalue weighted by molar-refractivity contribution is 6.03. The lowest BCUT2D eigenvalue weighted by Gasteiger charge is -2.23. The number of nitrogens with zero attached hydrogens (tertiary/aromatic N) is 1. The molecule has 6 heteroatoms. The number of primary amides is 1. The number of rotatable bonds is 9. The fraction of sp³-hybridized carbons (Fsp3) is 0.448. The average Bonchev–Trinajstić information content (AvgIpc) is 2.85. The Morgan fingerprint density at radius 3 is 2.43 bits per heavy atom. The predicted octanol–water partition coefficient (Wildman–Crippen LogP) is 5.94. The van der Waals surface area contributed by atoms with Gasteiger partial charge in [0, 0.05) is 28.4 Å². The van der Waals surface area contributed by atoms with Crippen LogP contribution >= 0.6 is 0 Å². The van der Waals surface area contributed by atoms with Crippen molar-refractivity contribution in [3.63, 3.8) is 0 Å². The van der Waals surface area contributed by atoms with Crippen molar-refractivity contribution in [1.82, 2.24) is 5.32 Å². The highest BCUT2D eigenvalue weighted by Gasteiger charge is 2.20. The zero-order valence-electron chi connectivity index (χ0n) is 21.9. The molecule has 0 aromatic heterocycles. The van der Waals surface area contributed by atoms with Gasteiger partial charge in [-0.15, -0.1) is 0 Å². The van der Waals surface area contributed by atoms with Crippen LogP contribution in [-0.2, 0) is 11.2 Å². The number of hydrogen-bond donors (Lipinski definition) is 4. The van der Waals surface area contributed by atoms with Crippen LogP contribution in [-0.4, -0.2) is 16.8 Å². The van der Waals surface area contributed by atoms with Crippen LogP contribution in [0.1, 0.15) is 82.9 Å². The largest absolute Gasteiger partial charge is 0.503 e. The van der Waals surface area contributed by atoms with Gasteiger partial charge in [0.05, 0.1) is 5.70 Å². The van der Waals surface area contributed by atoms with E-state index < -0.39 is 5.91 Å². The van der Waals surface area contributed by atoms with E-state index >= 15 is 0 Å². The van der Waals surface area contributed by atoms with Crippen LogP contribution in [0.2, 0.25) is 0 Å². The molecule has 1 aromatic carbocycles. The van der Waals surface area contributed by atoms with E-state index in [0.29, 0.717) is 17.2 Å². The summed E-state index contributed by atoms with van der Waals surface area (Å²) in [6.45, 7) is 9.69. The second kappa shape index (κ2) is 13.6. The Hall–Kier alpha value is -3.28. The maximum absolute atomic E-state index is 11.3. The monoisotopic (exact) mass is 478 g/mol. The van der Waals surface area contributed by atoms with Crippen LogP contribution in [0.15, 0.2) is 64.1 Å². The summed E-state index contributed by atoms with van der Waals surface area (Å²) in [5.74, 6) is 0.0586. The number of aryl methyl sites for hydroxylation is 2. The number of carbonyl (C=O) groups is 1. The van der Waals surface area contributed by atoms with E-state index in [9.17, 15) is 9.90 Å². The first-order valence-electron chi connectivity index (χ1n) is 12.6. The molecule has 0 heterocycles. The van der Waals surface area contributed by atoms with E-state index in [1.54, 1.807) is 19.1 Å². The summed E-state index contributed by atoms with van der Waals surface area (Å²) in [5, 5.41) is 14.5. The molecule has 0 unspecified atom stereocenters. The number of nitrogens with one attached hydrogen (secondary N) is 1. The van der Waals surface area contributed by atoms with Gasteiger partial charge in [0.25, 0.3) is 0 Å². The van der Waals surface area contributed by atoms with Crippen molar-refractivity contribution in [2.45, 2.75) is 79.6 Å². The molecular formula is C29H42N4O2. The van der Waals surface area contributed by atoms with Gasteiger partial charge in [0.15, 0.2) is 11.6 Å². The van der Waals surface area contributed by atoms with Crippen LogP contribution in [0, 0.1) is 12.8 Å². The van der Waals surface area contributed by atoms with E-state index in [1.807, 2.05) is 32.1 Å². The van der Waals surface area contributed by atoms with Gasteiger partial charge in [0.1, 0.15) is 0 Å². The molecule has 0 radical (unpaired) electrons. The van der Waals surface area contributed by atoms with Crippen molar-refractivity contribution in [3.8, 4) is 0 Å². The van der Waals surface area contributed by atoms with Gasteiger partial charge >= 0.3 is 0 Å². The van der Waals surface area contributed by atoms with E-state index in [2.05, 4.69) is 25.2 Å². The van der Waals surface area contributed by atoms with Crippen LogP contribution < -0.4 is 16.8 Å². The number of aliphatic hydroxyl groups excluding tert-OH is 1. The maximum Gasteiger partial charge on any atom is 0.244 e. The number of allylic oxidation sites excluding steroid dienone is 5. The molecule has 6 nitrogen and oxygen atoms in total. The summed E-state index contributed by atoms with van der Waals surface area (Å²) in [6, 6.07) is 6.02. The normalized spacial score (nSPS) is 17.3. The minimum absolute atomic E-state index is 0.105. The first-order valence-corrected chi connectivity index (χ1v) is 12.6. The van der Waals surface area contributed by atoms with Gasteiger partial charge in [-0.2, -0.15) is 0 Å². The molecule has 190 valence electrons. The number of benzene rings is 1. The van der Waals surface area contributed by atoms with Gasteiger partial charge in [-0.25, -0.2) is 4.99 Å². The average molecular weight is 479 g/mol. The molecule has 0 aliphatic heterocycles. The summed E-state index contributed by atoms with van der Waals surface area (Å²) in [4.78, 5) is 16.2. The van der Waals surface area contributed by atoms with Gasteiger partial charge in [0.2, 0.25) is 5.91 Å². The molecule has 1 amide bonds. The van der Waals surface area contributed by atoms with Gasteiger partial charge in [-0.3, -0.25) is 4.79 Å². The molecule has 1 aromatic rings. The second-order valence-electron chi connectivity index (χ2n) is 9.35. The summed E-state index contributed by atoms with van der Waals surface area (Å²) in [5.41, 5.74) is 17.3. The number of amidine groups is 1. The Labute approximate surface area is 210 Å².